The molecule has 4 N–H and O–H groups in total. The number of nitrogens with zero attached hydrogens (tertiary/aromatic N) is 5. The van der Waals surface area contributed by atoms with Gasteiger partial charge in [-0.05, 0) is 31.2 Å². The zero-order valence-electron chi connectivity index (χ0n) is 19.3. The second-order valence-corrected chi connectivity index (χ2v) is 8.84. The Hall–Kier alpha value is -3.74. The first-order valence-corrected chi connectivity index (χ1v) is 11.7. The number of rotatable bonds is 6. The van der Waals surface area contributed by atoms with Crippen molar-refractivity contribution in [1.82, 2.24) is 29.5 Å². The molecule has 188 valence electrons. The third-order valence-corrected chi connectivity index (χ3v) is 6.13. The number of nitrogens with one attached hydrogen (secondary N) is 3. The summed E-state index contributed by atoms with van der Waals surface area (Å²) in [6.07, 6.45) is 3.08. The van der Waals surface area contributed by atoms with Crippen LogP contribution in [-0.4, -0.2) is 73.5 Å². The lowest BCUT2D eigenvalue weighted by Gasteiger charge is -2.31. The van der Waals surface area contributed by atoms with Crippen LogP contribution >= 0.6 is 11.6 Å². The monoisotopic (exact) mass is 514 g/mol. The standard InChI is InChI=1S/C23H24ClFN8O3/c1-13(32-4-6-36-7-5-32)11-26-20-10-19(28-17-9-15(24)2-3-16(17)25)30-21-14(12-27-33(20)21)8-18-22(34)31-23(35)29-18/h2-3,8-10,12-13,28,34H,4-7,11H2,1H3,(H2,29,31,35). The van der Waals surface area contributed by atoms with E-state index in [-0.39, 0.29) is 23.3 Å². The Kier molecular flexibility index (Phi) is 6.72. The molecule has 1 aromatic carbocycles. The minimum Gasteiger partial charge on any atom is -0.493 e. The average molecular weight is 515 g/mol. The van der Waals surface area contributed by atoms with Crippen LogP contribution in [0.3, 0.4) is 0 Å². The number of imidazole rings is 1. The molecule has 0 spiro atoms. The van der Waals surface area contributed by atoms with Crippen molar-refractivity contribution in [2.75, 3.05) is 38.2 Å². The number of benzene rings is 1. The highest BCUT2D eigenvalue weighted by atomic mass is 35.5. The maximum Gasteiger partial charge on any atom is 0.326 e. The van der Waals surface area contributed by atoms with Crippen LogP contribution in [0.1, 0.15) is 12.6 Å². The predicted octanol–water partition coefficient (Wildman–Crippen LogP) is 1.16. The SMILES string of the molecule is CC(CN=c1cc(Nc2cc(Cl)ccc2F)nc2c(=Cc3[nH]c(=O)[nH]c3O)cnn12)N1CCOCC1. The molecule has 11 nitrogen and oxygen atoms in total. The van der Waals surface area contributed by atoms with E-state index in [4.69, 9.17) is 21.3 Å². The molecule has 1 unspecified atom stereocenters. The third kappa shape index (κ3) is 5.10. The fourth-order valence-electron chi connectivity index (χ4n) is 3.98. The van der Waals surface area contributed by atoms with E-state index < -0.39 is 11.5 Å². The molecule has 0 amide bonds. The Bertz CT molecular complexity index is 1570. The molecule has 5 rings (SSSR count). The smallest absolute Gasteiger partial charge is 0.326 e. The number of hydrogen-bond donors (Lipinski definition) is 4. The lowest BCUT2D eigenvalue weighted by Crippen LogP contribution is -2.43. The van der Waals surface area contributed by atoms with Crippen molar-refractivity contribution in [3.05, 3.63) is 68.2 Å². The van der Waals surface area contributed by atoms with Crippen molar-refractivity contribution < 1.29 is 14.2 Å². The largest absolute Gasteiger partial charge is 0.493 e. The van der Waals surface area contributed by atoms with Gasteiger partial charge in [-0.15, -0.1) is 0 Å². The zero-order valence-corrected chi connectivity index (χ0v) is 20.1. The Morgan fingerprint density at radius 1 is 1.33 bits per heavy atom. The van der Waals surface area contributed by atoms with Crippen LogP contribution in [0.15, 0.2) is 40.2 Å². The van der Waals surface area contributed by atoms with Crippen molar-refractivity contribution in [3.8, 4) is 5.88 Å². The summed E-state index contributed by atoms with van der Waals surface area (Å²) in [6.45, 7) is 5.64. The molecule has 0 saturated carbocycles. The highest BCUT2D eigenvalue weighted by Gasteiger charge is 2.17. The van der Waals surface area contributed by atoms with Gasteiger partial charge in [-0.3, -0.25) is 14.9 Å². The summed E-state index contributed by atoms with van der Waals surface area (Å²) in [4.78, 5) is 28.0. The van der Waals surface area contributed by atoms with Crippen LogP contribution in [0.25, 0.3) is 11.7 Å². The van der Waals surface area contributed by atoms with Crippen LogP contribution in [0.5, 0.6) is 5.88 Å². The van der Waals surface area contributed by atoms with Gasteiger partial charge in [-0.2, -0.15) is 9.61 Å². The van der Waals surface area contributed by atoms with E-state index in [1.165, 1.54) is 24.3 Å². The van der Waals surface area contributed by atoms with Gasteiger partial charge in [0.25, 0.3) is 0 Å². The third-order valence-electron chi connectivity index (χ3n) is 5.89. The molecular weight excluding hydrogens is 491 g/mol. The number of aromatic nitrogens is 5. The number of hydrogen-bond acceptors (Lipinski definition) is 8. The molecule has 1 atom stereocenters. The van der Waals surface area contributed by atoms with E-state index in [1.807, 2.05) is 0 Å². The highest BCUT2D eigenvalue weighted by Crippen LogP contribution is 2.22. The number of aromatic amines is 2. The van der Waals surface area contributed by atoms with Crippen molar-refractivity contribution in [2.45, 2.75) is 13.0 Å². The van der Waals surface area contributed by atoms with Gasteiger partial charge in [0.15, 0.2) is 11.1 Å². The van der Waals surface area contributed by atoms with Gasteiger partial charge in [0.2, 0.25) is 5.88 Å². The number of fused-ring (bicyclic) bond motifs is 1. The van der Waals surface area contributed by atoms with E-state index in [1.54, 1.807) is 16.8 Å². The summed E-state index contributed by atoms with van der Waals surface area (Å²) in [7, 11) is 0. The van der Waals surface area contributed by atoms with Crippen molar-refractivity contribution >= 4 is 34.8 Å². The summed E-state index contributed by atoms with van der Waals surface area (Å²) in [6, 6.07) is 6.03. The topological polar surface area (TPSA) is 136 Å². The van der Waals surface area contributed by atoms with Crippen LogP contribution in [0.2, 0.25) is 5.02 Å². The highest BCUT2D eigenvalue weighted by molar-refractivity contribution is 6.30. The number of H-pyrrole nitrogens is 2. The average Bonchev–Trinajstić information content (AvgIpc) is 3.42. The molecule has 1 aliphatic heterocycles. The molecule has 13 heteroatoms. The molecule has 4 heterocycles. The maximum absolute atomic E-state index is 14.4. The van der Waals surface area contributed by atoms with Crippen LogP contribution in [0.4, 0.5) is 15.9 Å². The number of ether oxygens (including phenoxy) is 1. The Labute approximate surface area is 208 Å². The van der Waals surface area contributed by atoms with Crippen molar-refractivity contribution in [1.29, 1.82) is 0 Å². The van der Waals surface area contributed by atoms with Gasteiger partial charge in [0.05, 0.1) is 31.6 Å². The molecule has 1 fully saturated rings. The molecule has 3 aromatic heterocycles. The minimum atomic E-state index is -0.547. The predicted molar refractivity (Wildman–Crippen MR) is 132 cm³/mol. The minimum absolute atomic E-state index is 0.157. The molecular formula is C23H24ClFN8O3. The molecule has 1 saturated heterocycles. The summed E-state index contributed by atoms with van der Waals surface area (Å²) in [5.74, 6) is -0.474. The summed E-state index contributed by atoms with van der Waals surface area (Å²) in [5.41, 5.74) is 0.674. The summed E-state index contributed by atoms with van der Waals surface area (Å²) >= 11 is 6.05. The van der Waals surface area contributed by atoms with Gasteiger partial charge in [0, 0.05) is 35.4 Å². The Morgan fingerprint density at radius 3 is 2.89 bits per heavy atom. The van der Waals surface area contributed by atoms with Gasteiger partial charge in [0.1, 0.15) is 17.3 Å². The molecule has 1 aliphatic rings. The molecule has 0 bridgehead atoms. The number of aromatic hydroxyl groups is 1. The normalized spacial score (nSPS) is 16.6. The van der Waals surface area contributed by atoms with Crippen molar-refractivity contribution in [3.63, 3.8) is 0 Å². The summed E-state index contributed by atoms with van der Waals surface area (Å²) < 4.78 is 21.4. The van der Waals surface area contributed by atoms with Crippen LogP contribution < -0.4 is 21.7 Å². The van der Waals surface area contributed by atoms with Crippen LogP contribution in [-0.2, 0) is 4.74 Å². The first-order valence-electron chi connectivity index (χ1n) is 11.3. The zero-order chi connectivity index (χ0) is 25.2. The van der Waals surface area contributed by atoms with E-state index >= 15 is 0 Å². The van der Waals surface area contributed by atoms with E-state index in [0.29, 0.717) is 47.0 Å². The van der Waals surface area contributed by atoms with Gasteiger partial charge in [-0.1, -0.05) is 11.6 Å². The second-order valence-electron chi connectivity index (χ2n) is 8.41. The maximum atomic E-state index is 14.4. The second kappa shape index (κ2) is 10.1. The number of halogens is 2. The van der Waals surface area contributed by atoms with Gasteiger partial charge < -0.3 is 20.1 Å². The molecule has 0 radical (unpaired) electrons. The first-order chi connectivity index (χ1) is 17.4. The van der Waals surface area contributed by atoms with E-state index in [9.17, 15) is 14.3 Å². The van der Waals surface area contributed by atoms with E-state index in [0.717, 1.165) is 13.1 Å². The first kappa shape index (κ1) is 24.0. The quantitative estimate of drug-likeness (QED) is 0.303. The molecule has 0 aliphatic carbocycles. The molecule has 4 aromatic rings. The molecule has 36 heavy (non-hydrogen) atoms. The van der Waals surface area contributed by atoms with E-state index in [2.05, 4.69) is 37.2 Å². The van der Waals surface area contributed by atoms with Crippen molar-refractivity contribution in [2.24, 2.45) is 4.99 Å². The van der Waals surface area contributed by atoms with Gasteiger partial charge in [-0.25, -0.2) is 14.2 Å². The fraction of sp³-hybridized carbons (Fsp3) is 0.304. The number of anilines is 2. The summed E-state index contributed by atoms with van der Waals surface area (Å²) in [5, 5.41) is 18.2. The van der Waals surface area contributed by atoms with Crippen LogP contribution in [0, 0.1) is 5.82 Å². The fourth-order valence-corrected chi connectivity index (χ4v) is 4.15. The lowest BCUT2D eigenvalue weighted by molar-refractivity contribution is 0.0219. The lowest BCUT2D eigenvalue weighted by atomic mass is 10.2. The number of morpholine rings is 1. The van der Waals surface area contributed by atoms with Gasteiger partial charge >= 0.3 is 5.69 Å². The Morgan fingerprint density at radius 2 is 2.14 bits per heavy atom. The Balaban J connectivity index is 1.60.